The Bertz CT molecular complexity index is 613. The molecule has 0 bridgehead atoms. The predicted molar refractivity (Wildman–Crippen MR) is 94.8 cm³/mol. The van der Waals surface area contributed by atoms with Gasteiger partial charge in [0.05, 0.1) is 11.5 Å². The quantitative estimate of drug-likeness (QED) is 0.732. The molecule has 2 rings (SSSR count). The van der Waals surface area contributed by atoms with Crippen LogP contribution in [-0.4, -0.2) is 34.7 Å². The number of benzene rings is 1. The average Bonchev–Trinajstić information content (AvgIpc) is 2.52. The minimum absolute atomic E-state index is 0. The molecule has 0 saturated carbocycles. The highest BCUT2D eigenvalue weighted by molar-refractivity contribution is 7.89. The van der Waals surface area contributed by atoms with Gasteiger partial charge in [0, 0.05) is 13.1 Å². The van der Waals surface area contributed by atoms with Gasteiger partial charge in [-0.2, -0.15) is 0 Å². The molecule has 1 aromatic rings. The van der Waals surface area contributed by atoms with Crippen LogP contribution in [0, 0.1) is 5.92 Å². The van der Waals surface area contributed by atoms with Crippen LogP contribution in [0.25, 0.3) is 0 Å². The minimum Gasteiger partial charge on any atom is -0.493 e. The topological polar surface area (TPSA) is 67.4 Å². The molecule has 23 heavy (non-hydrogen) atoms. The monoisotopic (exact) mass is 360 g/mol. The molecule has 0 radical (unpaired) electrons. The fourth-order valence-corrected chi connectivity index (χ4v) is 3.12. The second-order valence-electron chi connectivity index (χ2n) is 5.82. The van der Waals surface area contributed by atoms with Crippen LogP contribution in [0.4, 0.5) is 0 Å². The molecule has 0 saturated heterocycles. The number of sulfonamides is 1. The number of halogens is 1. The lowest BCUT2D eigenvalue weighted by atomic mass is 10.1. The highest BCUT2D eigenvalue weighted by Gasteiger charge is 2.15. The third-order valence-electron chi connectivity index (χ3n) is 3.36. The van der Waals surface area contributed by atoms with E-state index in [1.54, 1.807) is 24.3 Å². The van der Waals surface area contributed by atoms with Gasteiger partial charge in [-0.3, -0.25) is 0 Å². The van der Waals surface area contributed by atoms with Gasteiger partial charge in [-0.25, -0.2) is 13.1 Å². The molecule has 1 aromatic carbocycles. The summed E-state index contributed by atoms with van der Waals surface area (Å²) in [4.78, 5) is 0.263. The second-order valence-corrected chi connectivity index (χ2v) is 7.58. The van der Waals surface area contributed by atoms with Crippen molar-refractivity contribution in [3.8, 4) is 5.75 Å². The Balaban J connectivity index is 0.00000264. The molecule has 0 fully saturated rings. The molecule has 0 atom stereocenters. The summed E-state index contributed by atoms with van der Waals surface area (Å²) in [5.41, 5.74) is 1.12. The lowest BCUT2D eigenvalue weighted by Gasteiger charge is -2.15. The Kier molecular flexibility index (Phi) is 8.05. The first-order valence-electron chi connectivity index (χ1n) is 7.58. The molecule has 7 heteroatoms. The molecule has 130 valence electrons. The first-order chi connectivity index (χ1) is 10.5. The highest BCUT2D eigenvalue weighted by atomic mass is 35.5. The van der Waals surface area contributed by atoms with Crippen molar-refractivity contribution in [1.29, 1.82) is 0 Å². The van der Waals surface area contributed by atoms with E-state index < -0.39 is 10.0 Å². The number of hydrogen-bond donors (Lipinski definition) is 2. The van der Waals surface area contributed by atoms with Crippen LogP contribution in [-0.2, 0) is 10.0 Å². The Hall–Kier alpha value is -1.08. The fraction of sp³-hybridized carbons (Fsp3) is 0.500. The predicted octanol–water partition coefficient (Wildman–Crippen LogP) is 2.34. The van der Waals surface area contributed by atoms with E-state index in [9.17, 15) is 8.42 Å². The number of rotatable bonds is 7. The van der Waals surface area contributed by atoms with E-state index in [2.05, 4.69) is 23.9 Å². The van der Waals surface area contributed by atoms with Gasteiger partial charge in [-0.1, -0.05) is 25.5 Å². The Morgan fingerprint density at radius 2 is 1.96 bits per heavy atom. The van der Waals surface area contributed by atoms with Crippen LogP contribution in [0.3, 0.4) is 0 Å². The maximum Gasteiger partial charge on any atom is 0.240 e. The van der Waals surface area contributed by atoms with Crippen molar-refractivity contribution in [2.24, 2.45) is 5.92 Å². The number of hydrogen-bond acceptors (Lipinski definition) is 4. The maximum atomic E-state index is 12.3. The van der Waals surface area contributed by atoms with Crippen LogP contribution in [0.2, 0.25) is 0 Å². The number of ether oxygens (including phenoxy) is 1. The summed E-state index contributed by atoms with van der Waals surface area (Å²) in [6, 6.07) is 6.55. The molecular weight excluding hydrogens is 336 g/mol. The van der Waals surface area contributed by atoms with Crippen LogP contribution in [0.5, 0.6) is 5.75 Å². The number of nitrogens with one attached hydrogen (secondary N) is 2. The van der Waals surface area contributed by atoms with Gasteiger partial charge in [0.15, 0.2) is 0 Å². The standard InChI is InChI=1S/C16H24N2O3S.ClH/c1-13(2)12-21-15-3-5-16(6-4-15)22(19,20)18-11-14-7-9-17-10-8-14;/h3-7,13,17-18H,8-12H2,1-2H3;1H. The summed E-state index contributed by atoms with van der Waals surface area (Å²) >= 11 is 0. The minimum atomic E-state index is -3.47. The fourth-order valence-electron chi connectivity index (χ4n) is 2.08. The second kappa shape index (κ2) is 9.27. The van der Waals surface area contributed by atoms with Crippen LogP contribution in [0.1, 0.15) is 20.3 Å². The van der Waals surface area contributed by atoms with Crippen LogP contribution >= 0.6 is 12.4 Å². The first kappa shape index (κ1) is 20.0. The lowest BCUT2D eigenvalue weighted by Crippen LogP contribution is -2.29. The van der Waals surface area contributed by atoms with Gasteiger partial charge in [0.1, 0.15) is 5.75 Å². The van der Waals surface area contributed by atoms with E-state index in [1.807, 2.05) is 6.08 Å². The van der Waals surface area contributed by atoms with E-state index in [-0.39, 0.29) is 17.3 Å². The normalized spacial score (nSPS) is 15.0. The first-order valence-corrected chi connectivity index (χ1v) is 9.07. The Morgan fingerprint density at radius 1 is 1.26 bits per heavy atom. The summed E-state index contributed by atoms with van der Waals surface area (Å²) < 4.78 is 32.7. The van der Waals surface area contributed by atoms with Gasteiger partial charge in [-0.05, 0) is 43.1 Å². The molecule has 0 spiro atoms. The summed E-state index contributed by atoms with van der Waals surface area (Å²) in [7, 11) is -3.47. The van der Waals surface area contributed by atoms with Crippen molar-refractivity contribution >= 4 is 22.4 Å². The van der Waals surface area contributed by atoms with E-state index in [0.29, 0.717) is 24.8 Å². The molecule has 1 heterocycles. The van der Waals surface area contributed by atoms with E-state index in [0.717, 1.165) is 25.1 Å². The molecule has 0 aliphatic carbocycles. The van der Waals surface area contributed by atoms with Crippen molar-refractivity contribution in [3.05, 3.63) is 35.9 Å². The molecular formula is C16H25ClN2O3S. The van der Waals surface area contributed by atoms with Crippen molar-refractivity contribution in [2.75, 3.05) is 26.2 Å². The van der Waals surface area contributed by atoms with Crippen molar-refractivity contribution in [1.82, 2.24) is 10.0 Å². The van der Waals surface area contributed by atoms with E-state index >= 15 is 0 Å². The molecule has 2 N–H and O–H groups in total. The zero-order valence-electron chi connectivity index (χ0n) is 13.5. The zero-order chi connectivity index (χ0) is 16.0. The summed E-state index contributed by atoms with van der Waals surface area (Å²) in [6.45, 7) is 6.83. The summed E-state index contributed by atoms with van der Waals surface area (Å²) in [5, 5.41) is 3.20. The molecule has 1 aliphatic rings. The Labute approximate surface area is 145 Å². The largest absolute Gasteiger partial charge is 0.493 e. The van der Waals surface area contributed by atoms with E-state index in [4.69, 9.17) is 4.74 Å². The van der Waals surface area contributed by atoms with E-state index in [1.165, 1.54) is 0 Å². The Morgan fingerprint density at radius 3 is 2.52 bits per heavy atom. The van der Waals surface area contributed by atoms with Gasteiger partial charge in [-0.15, -0.1) is 12.4 Å². The van der Waals surface area contributed by atoms with Crippen molar-refractivity contribution in [3.63, 3.8) is 0 Å². The maximum absolute atomic E-state index is 12.3. The third kappa shape index (κ3) is 6.51. The molecule has 5 nitrogen and oxygen atoms in total. The average molecular weight is 361 g/mol. The van der Waals surface area contributed by atoms with Crippen LogP contribution < -0.4 is 14.8 Å². The third-order valence-corrected chi connectivity index (χ3v) is 4.78. The smallest absolute Gasteiger partial charge is 0.240 e. The van der Waals surface area contributed by atoms with Gasteiger partial charge in [0.25, 0.3) is 0 Å². The highest BCUT2D eigenvalue weighted by Crippen LogP contribution is 2.17. The van der Waals surface area contributed by atoms with Crippen molar-refractivity contribution in [2.45, 2.75) is 25.2 Å². The zero-order valence-corrected chi connectivity index (χ0v) is 15.2. The van der Waals surface area contributed by atoms with Gasteiger partial charge < -0.3 is 10.1 Å². The van der Waals surface area contributed by atoms with Gasteiger partial charge in [0.2, 0.25) is 10.0 Å². The lowest BCUT2D eigenvalue weighted by molar-refractivity contribution is 0.271. The van der Waals surface area contributed by atoms with Crippen LogP contribution in [0.15, 0.2) is 40.8 Å². The molecule has 0 aromatic heterocycles. The van der Waals surface area contributed by atoms with Gasteiger partial charge >= 0.3 is 0 Å². The molecule has 0 amide bonds. The summed E-state index contributed by atoms with van der Waals surface area (Å²) in [6.07, 6.45) is 2.92. The summed E-state index contributed by atoms with van der Waals surface area (Å²) in [5.74, 6) is 1.12. The molecule has 1 aliphatic heterocycles. The molecule has 0 unspecified atom stereocenters. The SMILES string of the molecule is CC(C)COc1ccc(S(=O)(=O)NCC2=CCNCC2)cc1.Cl. The van der Waals surface area contributed by atoms with Crippen molar-refractivity contribution < 1.29 is 13.2 Å².